The quantitative estimate of drug-likeness (QED) is 0.654. The summed E-state index contributed by atoms with van der Waals surface area (Å²) in [5.74, 6) is 0. The van der Waals surface area contributed by atoms with Crippen molar-refractivity contribution < 1.29 is 0 Å². The van der Waals surface area contributed by atoms with Crippen LogP contribution >= 0.6 is 0 Å². The van der Waals surface area contributed by atoms with Crippen molar-refractivity contribution in [2.45, 2.75) is 27.7 Å². The Bertz CT molecular complexity index is 597. The molecular weight excluding hydrogens is 188 g/mol. The van der Waals surface area contributed by atoms with Gasteiger partial charge in [0.05, 0.1) is 11.2 Å². The van der Waals surface area contributed by atoms with Crippen molar-refractivity contribution in [1.29, 1.82) is 0 Å². The SMILES string of the molecule is Cc1cc(C)c2c(C)ncc(C)n2c1=O. The number of aromatic nitrogens is 2. The summed E-state index contributed by atoms with van der Waals surface area (Å²) in [6.07, 6.45) is 1.74. The fraction of sp³-hybridized carbons (Fsp3) is 0.333. The fourth-order valence-electron chi connectivity index (χ4n) is 2.00. The van der Waals surface area contributed by atoms with Crippen LogP contribution in [0.2, 0.25) is 0 Å². The van der Waals surface area contributed by atoms with Crippen LogP contribution in [0, 0.1) is 27.7 Å². The van der Waals surface area contributed by atoms with E-state index < -0.39 is 0 Å². The first-order valence-electron chi connectivity index (χ1n) is 4.97. The monoisotopic (exact) mass is 202 g/mol. The molecular formula is C12H14N2O. The Morgan fingerprint density at radius 3 is 2.47 bits per heavy atom. The van der Waals surface area contributed by atoms with Gasteiger partial charge in [0.2, 0.25) is 0 Å². The first-order valence-corrected chi connectivity index (χ1v) is 4.97. The van der Waals surface area contributed by atoms with Gasteiger partial charge in [-0.25, -0.2) is 0 Å². The summed E-state index contributed by atoms with van der Waals surface area (Å²) in [5.41, 5.74) is 4.64. The van der Waals surface area contributed by atoms with Gasteiger partial charge in [-0.1, -0.05) is 0 Å². The molecule has 0 N–H and O–H groups in total. The molecule has 0 aliphatic carbocycles. The van der Waals surface area contributed by atoms with Crippen molar-refractivity contribution in [1.82, 2.24) is 9.38 Å². The standard InChI is InChI=1S/C12H14N2O/c1-7-5-8(2)12(15)14-9(3)6-13-10(4)11(7)14/h5-6H,1-4H3. The molecule has 0 amide bonds. The van der Waals surface area contributed by atoms with Gasteiger partial charge in [0.15, 0.2) is 0 Å². The minimum absolute atomic E-state index is 0.0543. The van der Waals surface area contributed by atoms with Gasteiger partial charge in [-0.05, 0) is 39.3 Å². The van der Waals surface area contributed by atoms with Crippen LogP contribution in [0.5, 0.6) is 0 Å². The molecule has 3 heteroatoms. The zero-order valence-electron chi connectivity index (χ0n) is 9.46. The van der Waals surface area contributed by atoms with Gasteiger partial charge in [0, 0.05) is 17.5 Å². The molecule has 0 aliphatic heterocycles. The molecule has 0 fully saturated rings. The maximum Gasteiger partial charge on any atom is 0.258 e. The number of pyridine rings is 1. The number of hydrogen-bond acceptors (Lipinski definition) is 2. The van der Waals surface area contributed by atoms with Crippen LogP contribution in [0.1, 0.15) is 22.5 Å². The van der Waals surface area contributed by atoms with E-state index in [4.69, 9.17) is 0 Å². The van der Waals surface area contributed by atoms with Gasteiger partial charge in [0.25, 0.3) is 5.56 Å². The molecule has 0 atom stereocenters. The van der Waals surface area contributed by atoms with E-state index in [1.54, 1.807) is 10.6 Å². The summed E-state index contributed by atoms with van der Waals surface area (Å²) in [6, 6.07) is 1.92. The molecule has 3 nitrogen and oxygen atoms in total. The Balaban J connectivity index is 3.16. The summed E-state index contributed by atoms with van der Waals surface area (Å²) >= 11 is 0. The summed E-state index contributed by atoms with van der Waals surface area (Å²) in [7, 11) is 0. The predicted octanol–water partition coefficient (Wildman–Crippen LogP) is 1.93. The number of fused-ring (bicyclic) bond motifs is 1. The molecule has 78 valence electrons. The van der Waals surface area contributed by atoms with Gasteiger partial charge < -0.3 is 0 Å². The van der Waals surface area contributed by atoms with Crippen LogP contribution < -0.4 is 5.56 Å². The highest BCUT2D eigenvalue weighted by Gasteiger charge is 2.08. The summed E-state index contributed by atoms with van der Waals surface area (Å²) in [6.45, 7) is 7.68. The zero-order chi connectivity index (χ0) is 11.2. The molecule has 2 aromatic heterocycles. The minimum atomic E-state index is 0.0543. The maximum absolute atomic E-state index is 12.0. The minimum Gasteiger partial charge on any atom is -0.278 e. The van der Waals surface area contributed by atoms with Crippen molar-refractivity contribution in [3.05, 3.63) is 45.1 Å². The van der Waals surface area contributed by atoms with Crippen molar-refractivity contribution in [2.75, 3.05) is 0 Å². The Morgan fingerprint density at radius 1 is 1.13 bits per heavy atom. The summed E-state index contributed by atoms with van der Waals surface area (Å²) in [4.78, 5) is 16.3. The third-order valence-electron chi connectivity index (χ3n) is 2.71. The lowest BCUT2D eigenvalue weighted by Crippen LogP contribution is -2.20. The summed E-state index contributed by atoms with van der Waals surface area (Å²) in [5, 5.41) is 0. The van der Waals surface area contributed by atoms with Gasteiger partial charge >= 0.3 is 0 Å². The van der Waals surface area contributed by atoms with Crippen LogP contribution in [-0.4, -0.2) is 9.38 Å². The first-order chi connectivity index (χ1) is 7.02. The third kappa shape index (κ3) is 1.35. The highest BCUT2D eigenvalue weighted by molar-refractivity contribution is 5.58. The molecule has 0 unspecified atom stereocenters. The highest BCUT2D eigenvalue weighted by Crippen LogP contribution is 2.13. The van der Waals surface area contributed by atoms with Crippen LogP contribution in [0.4, 0.5) is 0 Å². The topological polar surface area (TPSA) is 34.4 Å². The van der Waals surface area contributed by atoms with Crippen molar-refractivity contribution >= 4 is 5.52 Å². The highest BCUT2D eigenvalue weighted by atomic mass is 16.1. The second kappa shape index (κ2) is 3.19. The van der Waals surface area contributed by atoms with E-state index in [0.717, 1.165) is 28.0 Å². The first kappa shape index (κ1) is 9.90. The van der Waals surface area contributed by atoms with Crippen LogP contribution in [0.15, 0.2) is 17.1 Å². The largest absolute Gasteiger partial charge is 0.278 e. The lowest BCUT2D eigenvalue weighted by atomic mass is 10.1. The van der Waals surface area contributed by atoms with Gasteiger partial charge in [-0.2, -0.15) is 0 Å². The molecule has 0 aliphatic rings. The number of nitrogens with zero attached hydrogens (tertiary/aromatic N) is 2. The molecule has 0 radical (unpaired) electrons. The second-order valence-electron chi connectivity index (χ2n) is 3.98. The molecule has 2 aromatic rings. The Labute approximate surface area is 88.4 Å². The predicted molar refractivity (Wildman–Crippen MR) is 60.4 cm³/mol. The van der Waals surface area contributed by atoms with Crippen molar-refractivity contribution in [3.8, 4) is 0 Å². The van der Waals surface area contributed by atoms with E-state index in [0.29, 0.717) is 0 Å². The van der Waals surface area contributed by atoms with Crippen molar-refractivity contribution in [2.24, 2.45) is 0 Å². The molecule has 0 aromatic carbocycles. The Morgan fingerprint density at radius 2 is 1.80 bits per heavy atom. The van der Waals surface area contributed by atoms with E-state index in [9.17, 15) is 4.79 Å². The fourth-order valence-corrected chi connectivity index (χ4v) is 2.00. The molecule has 0 bridgehead atoms. The molecule has 0 saturated carbocycles. The lowest BCUT2D eigenvalue weighted by Gasteiger charge is -2.10. The lowest BCUT2D eigenvalue weighted by molar-refractivity contribution is 0.952. The average molecular weight is 202 g/mol. The average Bonchev–Trinajstić information content (AvgIpc) is 2.18. The summed E-state index contributed by atoms with van der Waals surface area (Å²) < 4.78 is 1.74. The number of hydrogen-bond donors (Lipinski definition) is 0. The van der Waals surface area contributed by atoms with E-state index in [2.05, 4.69) is 4.98 Å². The normalized spacial score (nSPS) is 10.9. The van der Waals surface area contributed by atoms with E-state index >= 15 is 0 Å². The van der Waals surface area contributed by atoms with Gasteiger partial charge in [0.1, 0.15) is 0 Å². The van der Waals surface area contributed by atoms with Crippen LogP contribution in [0.3, 0.4) is 0 Å². The molecule has 0 saturated heterocycles. The van der Waals surface area contributed by atoms with E-state index in [1.165, 1.54) is 0 Å². The number of aryl methyl sites for hydroxylation is 4. The van der Waals surface area contributed by atoms with Crippen molar-refractivity contribution in [3.63, 3.8) is 0 Å². The second-order valence-corrected chi connectivity index (χ2v) is 3.98. The third-order valence-corrected chi connectivity index (χ3v) is 2.71. The van der Waals surface area contributed by atoms with Crippen LogP contribution in [0.25, 0.3) is 5.52 Å². The Hall–Kier alpha value is -1.64. The van der Waals surface area contributed by atoms with E-state index in [-0.39, 0.29) is 5.56 Å². The maximum atomic E-state index is 12.0. The molecule has 2 rings (SSSR count). The molecule has 0 spiro atoms. The van der Waals surface area contributed by atoms with Gasteiger partial charge in [-0.3, -0.25) is 14.2 Å². The van der Waals surface area contributed by atoms with Crippen LogP contribution in [-0.2, 0) is 0 Å². The van der Waals surface area contributed by atoms with Gasteiger partial charge in [-0.15, -0.1) is 0 Å². The van der Waals surface area contributed by atoms with E-state index in [1.807, 2.05) is 33.8 Å². The Kier molecular flexibility index (Phi) is 2.11. The smallest absolute Gasteiger partial charge is 0.258 e. The number of rotatable bonds is 0. The molecule has 2 heterocycles. The zero-order valence-corrected chi connectivity index (χ0v) is 9.46. The molecule has 15 heavy (non-hydrogen) atoms.